The number of rotatable bonds is 7. The Morgan fingerprint density at radius 1 is 1.00 bits per heavy atom. The van der Waals surface area contributed by atoms with Crippen molar-refractivity contribution in [3.05, 3.63) is 93.7 Å². The van der Waals surface area contributed by atoms with Crippen molar-refractivity contribution >= 4 is 21.6 Å². The summed E-state index contributed by atoms with van der Waals surface area (Å²) in [5.41, 5.74) is 2.74. The number of fused-ring (bicyclic) bond motifs is 1. The second kappa shape index (κ2) is 9.61. The second-order valence-corrected chi connectivity index (χ2v) is 9.31. The van der Waals surface area contributed by atoms with Gasteiger partial charge < -0.3 is 19.5 Å². The molecule has 1 heterocycles. The first-order chi connectivity index (χ1) is 15.4. The maximum atomic E-state index is 14.4. The van der Waals surface area contributed by atoms with Crippen LogP contribution in [0.4, 0.5) is 10.1 Å². The number of halogens is 2. The van der Waals surface area contributed by atoms with E-state index in [4.69, 9.17) is 14.2 Å². The van der Waals surface area contributed by atoms with Gasteiger partial charge in [-0.15, -0.1) is 0 Å². The summed E-state index contributed by atoms with van der Waals surface area (Å²) >= 11 is 3.30. The Labute approximate surface area is 196 Å². The van der Waals surface area contributed by atoms with Crippen molar-refractivity contribution in [3.8, 4) is 5.75 Å². The van der Waals surface area contributed by atoms with Gasteiger partial charge in [0.05, 0.1) is 13.2 Å². The van der Waals surface area contributed by atoms with Crippen LogP contribution >= 0.6 is 15.9 Å². The molecule has 0 aliphatic carbocycles. The summed E-state index contributed by atoms with van der Waals surface area (Å²) < 4.78 is 34.2. The molecule has 0 radical (unpaired) electrons. The average molecular weight is 500 g/mol. The smallest absolute Gasteiger partial charge is 0.132 e. The van der Waals surface area contributed by atoms with Crippen LogP contribution in [0.1, 0.15) is 36.6 Å². The number of hydrogen-bond acceptors (Lipinski definition) is 4. The van der Waals surface area contributed by atoms with E-state index in [0.29, 0.717) is 16.6 Å². The van der Waals surface area contributed by atoms with Crippen molar-refractivity contribution in [1.29, 1.82) is 0 Å². The summed E-state index contributed by atoms with van der Waals surface area (Å²) in [5.74, 6) is 0.454. The average Bonchev–Trinajstić information content (AvgIpc) is 2.77. The van der Waals surface area contributed by atoms with Gasteiger partial charge in [0.15, 0.2) is 0 Å². The van der Waals surface area contributed by atoms with Crippen LogP contribution in [0, 0.1) is 5.82 Å². The van der Waals surface area contributed by atoms with Gasteiger partial charge in [-0.1, -0.05) is 52.3 Å². The molecule has 0 amide bonds. The summed E-state index contributed by atoms with van der Waals surface area (Å²) in [6, 6.07) is 20.9. The van der Waals surface area contributed by atoms with Crippen LogP contribution in [0.15, 0.2) is 71.2 Å². The van der Waals surface area contributed by atoms with E-state index in [1.165, 1.54) is 6.07 Å². The molecular formula is C26H27BrFNO3. The van der Waals surface area contributed by atoms with E-state index in [2.05, 4.69) is 21.2 Å². The molecule has 0 fully saturated rings. The fraction of sp³-hybridized carbons (Fsp3) is 0.308. The maximum Gasteiger partial charge on any atom is 0.132 e. The molecule has 2 atom stereocenters. The monoisotopic (exact) mass is 499 g/mol. The van der Waals surface area contributed by atoms with E-state index in [9.17, 15) is 4.39 Å². The lowest BCUT2D eigenvalue weighted by molar-refractivity contribution is -0.171. The number of hydrogen-bond donors (Lipinski definition) is 1. The van der Waals surface area contributed by atoms with Gasteiger partial charge in [-0.2, -0.15) is 0 Å². The molecule has 0 spiro atoms. The summed E-state index contributed by atoms with van der Waals surface area (Å²) in [6.45, 7) is 4.49. The van der Waals surface area contributed by atoms with Gasteiger partial charge in [0.1, 0.15) is 29.4 Å². The van der Waals surface area contributed by atoms with Crippen molar-refractivity contribution < 1.29 is 18.6 Å². The Balaban J connectivity index is 1.65. The standard InChI is InChI=1S/C26H27BrFNO3/c1-26(2)25(31-16-18-9-10-19(27)13-22(18)28)24(30-15-17-7-5-4-6-8-17)21-14-20(29-3)11-12-23(21)32-26/h4-14,24-25,29H,15-16H2,1-3H3. The third-order valence-corrected chi connectivity index (χ3v) is 6.14. The molecule has 1 N–H and O–H groups in total. The van der Waals surface area contributed by atoms with Crippen LogP contribution in [-0.4, -0.2) is 18.8 Å². The van der Waals surface area contributed by atoms with Crippen molar-refractivity contribution in [2.24, 2.45) is 0 Å². The molecular weight excluding hydrogens is 473 g/mol. The van der Waals surface area contributed by atoms with Crippen LogP contribution in [0.25, 0.3) is 0 Å². The summed E-state index contributed by atoms with van der Waals surface area (Å²) in [5, 5.41) is 3.17. The zero-order valence-electron chi connectivity index (χ0n) is 18.4. The zero-order chi connectivity index (χ0) is 22.7. The van der Waals surface area contributed by atoms with Gasteiger partial charge in [-0.3, -0.25) is 0 Å². The fourth-order valence-electron chi connectivity index (χ4n) is 3.93. The molecule has 1 aliphatic rings. The fourth-order valence-corrected chi connectivity index (χ4v) is 4.27. The van der Waals surface area contributed by atoms with Crippen LogP contribution < -0.4 is 10.1 Å². The lowest BCUT2D eigenvalue weighted by Gasteiger charge is -2.44. The highest BCUT2D eigenvalue weighted by atomic mass is 79.9. The Bertz CT molecular complexity index is 1070. The van der Waals surface area contributed by atoms with Crippen LogP contribution in [0.5, 0.6) is 5.75 Å². The van der Waals surface area contributed by atoms with Gasteiger partial charge >= 0.3 is 0 Å². The zero-order valence-corrected chi connectivity index (χ0v) is 20.0. The molecule has 4 nitrogen and oxygen atoms in total. The minimum absolute atomic E-state index is 0.114. The Hall–Kier alpha value is -2.41. The number of anilines is 1. The van der Waals surface area contributed by atoms with E-state index >= 15 is 0 Å². The minimum Gasteiger partial charge on any atom is -0.485 e. The van der Waals surface area contributed by atoms with E-state index < -0.39 is 11.7 Å². The molecule has 4 rings (SSSR count). The maximum absolute atomic E-state index is 14.4. The summed E-state index contributed by atoms with van der Waals surface area (Å²) in [7, 11) is 1.87. The Morgan fingerprint density at radius 2 is 1.78 bits per heavy atom. The summed E-state index contributed by atoms with van der Waals surface area (Å²) in [6.07, 6.45) is -0.838. The summed E-state index contributed by atoms with van der Waals surface area (Å²) in [4.78, 5) is 0. The lowest BCUT2D eigenvalue weighted by atomic mass is 9.87. The third kappa shape index (κ3) is 4.98. The first-order valence-electron chi connectivity index (χ1n) is 10.6. The van der Waals surface area contributed by atoms with Gasteiger partial charge in [0, 0.05) is 28.3 Å². The highest BCUT2D eigenvalue weighted by Crippen LogP contribution is 2.45. The highest BCUT2D eigenvalue weighted by Gasteiger charge is 2.45. The predicted octanol–water partition coefficient (Wildman–Crippen LogP) is 6.64. The quantitative estimate of drug-likeness (QED) is 0.395. The van der Waals surface area contributed by atoms with Crippen molar-refractivity contribution in [1.82, 2.24) is 0 Å². The van der Waals surface area contributed by atoms with Crippen molar-refractivity contribution in [3.63, 3.8) is 0 Å². The Kier molecular flexibility index (Phi) is 6.84. The molecule has 6 heteroatoms. The van der Waals surface area contributed by atoms with Gasteiger partial charge in [-0.05, 0) is 49.7 Å². The third-order valence-electron chi connectivity index (χ3n) is 5.64. The molecule has 0 aromatic heterocycles. The number of nitrogens with one attached hydrogen (secondary N) is 1. The van der Waals surface area contributed by atoms with E-state index in [1.807, 2.05) is 75.5 Å². The largest absolute Gasteiger partial charge is 0.485 e. The minimum atomic E-state index is -0.679. The molecule has 3 aromatic rings. The topological polar surface area (TPSA) is 39.7 Å². The normalized spacial score (nSPS) is 19.2. The molecule has 1 aliphatic heterocycles. The molecule has 0 saturated carbocycles. The second-order valence-electron chi connectivity index (χ2n) is 8.39. The molecule has 2 unspecified atom stereocenters. The van der Waals surface area contributed by atoms with E-state index in [-0.39, 0.29) is 18.5 Å². The van der Waals surface area contributed by atoms with E-state index in [0.717, 1.165) is 22.6 Å². The number of ether oxygens (including phenoxy) is 3. The SMILES string of the molecule is CNc1ccc2c(c1)C(OCc1ccccc1)C(OCc1ccc(Br)cc1F)C(C)(C)O2. The molecule has 168 valence electrons. The Morgan fingerprint density at radius 3 is 2.50 bits per heavy atom. The number of benzene rings is 3. The molecule has 0 saturated heterocycles. The van der Waals surface area contributed by atoms with Crippen molar-refractivity contribution in [2.75, 3.05) is 12.4 Å². The van der Waals surface area contributed by atoms with Gasteiger partial charge in [-0.25, -0.2) is 4.39 Å². The molecule has 32 heavy (non-hydrogen) atoms. The van der Waals surface area contributed by atoms with Crippen LogP contribution in [0.3, 0.4) is 0 Å². The highest BCUT2D eigenvalue weighted by molar-refractivity contribution is 9.10. The lowest BCUT2D eigenvalue weighted by Crippen LogP contribution is -2.51. The van der Waals surface area contributed by atoms with Crippen molar-refractivity contribution in [2.45, 2.75) is 44.9 Å². The van der Waals surface area contributed by atoms with Crippen LogP contribution in [0.2, 0.25) is 0 Å². The van der Waals surface area contributed by atoms with Gasteiger partial charge in [0.2, 0.25) is 0 Å². The molecule has 0 bridgehead atoms. The van der Waals surface area contributed by atoms with Crippen LogP contribution in [-0.2, 0) is 22.7 Å². The first-order valence-corrected chi connectivity index (χ1v) is 11.4. The first kappa shape index (κ1) is 22.8. The van der Waals surface area contributed by atoms with Gasteiger partial charge in [0.25, 0.3) is 0 Å². The molecule has 3 aromatic carbocycles. The van der Waals surface area contributed by atoms with E-state index in [1.54, 1.807) is 6.07 Å². The predicted molar refractivity (Wildman–Crippen MR) is 127 cm³/mol.